The fourth-order valence-electron chi connectivity index (χ4n) is 3.20. The minimum absolute atomic E-state index is 0.0987. The van der Waals surface area contributed by atoms with Crippen LogP contribution in [0.5, 0.6) is 0 Å². The Kier molecular flexibility index (Phi) is 4.08. The molecule has 1 N–H and O–H groups in total. The Balaban J connectivity index is 1.81. The number of amides is 1. The molecular weight excluding hydrogens is 214 g/mol. The maximum atomic E-state index is 12.1. The normalized spacial score (nSPS) is 29.2. The summed E-state index contributed by atoms with van der Waals surface area (Å²) in [5.74, 6) is 0.222. The monoisotopic (exact) mass is 239 g/mol. The van der Waals surface area contributed by atoms with Crippen LogP contribution in [0.1, 0.15) is 65.2 Å². The highest BCUT2D eigenvalue weighted by atomic mass is 16.7. The van der Waals surface area contributed by atoms with Crippen LogP contribution in [-0.4, -0.2) is 12.0 Å². The lowest BCUT2D eigenvalue weighted by molar-refractivity contribution is -0.147. The maximum absolute atomic E-state index is 12.1. The SMILES string of the molecule is CC1(C)CCCCC1C(=O)NOC1CCCC1. The molecule has 0 spiro atoms. The average Bonchev–Trinajstić information content (AvgIpc) is 2.78. The van der Waals surface area contributed by atoms with Gasteiger partial charge in [0.1, 0.15) is 0 Å². The third kappa shape index (κ3) is 3.21. The summed E-state index contributed by atoms with van der Waals surface area (Å²) in [5, 5.41) is 0. The standard InChI is InChI=1S/C14H25NO2/c1-14(2)10-6-5-9-12(14)13(16)15-17-11-7-3-4-8-11/h11-12H,3-10H2,1-2H3,(H,15,16). The zero-order valence-corrected chi connectivity index (χ0v) is 11.1. The molecule has 98 valence electrons. The van der Waals surface area contributed by atoms with Crippen molar-refractivity contribution in [2.75, 3.05) is 0 Å². The Hall–Kier alpha value is -0.570. The minimum atomic E-state index is 0.0987. The molecule has 2 aliphatic carbocycles. The minimum Gasteiger partial charge on any atom is -0.272 e. The molecule has 0 aromatic heterocycles. The van der Waals surface area contributed by atoms with Crippen molar-refractivity contribution in [3.8, 4) is 0 Å². The van der Waals surface area contributed by atoms with Gasteiger partial charge < -0.3 is 0 Å². The number of hydroxylamine groups is 1. The zero-order chi connectivity index (χ0) is 12.3. The predicted octanol–water partition coefficient (Wildman–Crippen LogP) is 3.19. The molecular formula is C14H25NO2. The maximum Gasteiger partial charge on any atom is 0.247 e. The zero-order valence-electron chi connectivity index (χ0n) is 11.1. The number of nitrogens with one attached hydrogen (secondary N) is 1. The largest absolute Gasteiger partial charge is 0.272 e. The molecule has 2 aliphatic rings. The molecule has 3 nitrogen and oxygen atoms in total. The molecule has 2 rings (SSSR count). The van der Waals surface area contributed by atoms with E-state index in [1.165, 1.54) is 25.7 Å². The topological polar surface area (TPSA) is 38.3 Å². The molecule has 0 saturated heterocycles. The lowest BCUT2D eigenvalue weighted by Gasteiger charge is -2.37. The first-order chi connectivity index (χ1) is 8.09. The molecule has 17 heavy (non-hydrogen) atoms. The van der Waals surface area contributed by atoms with E-state index in [1.54, 1.807) is 0 Å². The van der Waals surface area contributed by atoms with Crippen LogP contribution >= 0.6 is 0 Å². The van der Waals surface area contributed by atoms with E-state index in [9.17, 15) is 4.79 Å². The molecule has 0 aliphatic heterocycles. The Morgan fingerprint density at radius 2 is 1.76 bits per heavy atom. The van der Waals surface area contributed by atoms with Gasteiger partial charge in [0.25, 0.3) is 0 Å². The van der Waals surface area contributed by atoms with Crippen LogP contribution in [0.3, 0.4) is 0 Å². The molecule has 3 heteroatoms. The summed E-state index contributed by atoms with van der Waals surface area (Å²) in [6, 6.07) is 0. The van der Waals surface area contributed by atoms with E-state index < -0.39 is 0 Å². The van der Waals surface area contributed by atoms with Crippen LogP contribution in [0, 0.1) is 11.3 Å². The van der Waals surface area contributed by atoms with Crippen molar-refractivity contribution in [2.45, 2.75) is 71.3 Å². The second-order valence-corrected chi connectivity index (χ2v) is 6.28. The summed E-state index contributed by atoms with van der Waals surface area (Å²) in [5.41, 5.74) is 2.84. The molecule has 0 aromatic rings. The molecule has 2 fully saturated rings. The Morgan fingerprint density at radius 3 is 2.41 bits per heavy atom. The van der Waals surface area contributed by atoms with Crippen LogP contribution in [0.2, 0.25) is 0 Å². The van der Waals surface area contributed by atoms with Crippen molar-refractivity contribution in [3.05, 3.63) is 0 Å². The van der Waals surface area contributed by atoms with Gasteiger partial charge in [0, 0.05) is 5.92 Å². The predicted molar refractivity (Wildman–Crippen MR) is 67.2 cm³/mol. The molecule has 1 amide bonds. The molecule has 0 heterocycles. The highest BCUT2D eigenvalue weighted by molar-refractivity contribution is 5.78. The lowest BCUT2D eigenvalue weighted by Crippen LogP contribution is -2.42. The van der Waals surface area contributed by atoms with Gasteiger partial charge >= 0.3 is 0 Å². The molecule has 0 radical (unpaired) electrons. The van der Waals surface area contributed by atoms with E-state index in [2.05, 4.69) is 19.3 Å². The van der Waals surface area contributed by atoms with Gasteiger partial charge in [0.2, 0.25) is 5.91 Å². The number of carbonyl (C=O) groups excluding carboxylic acids is 1. The van der Waals surface area contributed by atoms with Gasteiger partial charge in [0.15, 0.2) is 0 Å². The highest BCUT2D eigenvalue weighted by Gasteiger charge is 2.37. The number of carbonyl (C=O) groups is 1. The van der Waals surface area contributed by atoms with E-state index in [0.29, 0.717) is 0 Å². The number of hydrogen-bond donors (Lipinski definition) is 1. The fraction of sp³-hybridized carbons (Fsp3) is 0.929. The van der Waals surface area contributed by atoms with Crippen LogP contribution in [-0.2, 0) is 9.63 Å². The molecule has 2 saturated carbocycles. The van der Waals surface area contributed by atoms with Gasteiger partial charge in [-0.05, 0) is 31.1 Å². The summed E-state index contributed by atoms with van der Waals surface area (Å²) in [4.78, 5) is 17.6. The van der Waals surface area contributed by atoms with Gasteiger partial charge in [-0.3, -0.25) is 9.63 Å². The van der Waals surface area contributed by atoms with E-state index in [1.807, 2.05) is 0 Å². The first-order valence-corrected chi connectivity index (χ1v) is 7.05. The van der Waals surface area contributed by atoms with Crippen LogP contribution in [0.25, 0.3) is 0 Å². The quantitative estimate of drug-likeness (QED) is 0.768. The number of rotatable bonds is 3. The number of hydrogen-bond acceptors (Lipinski definition) is 2. The van der Waals surface area contributed by atoms with Gasteiger partial charge in [-0.15, -0.1) is 0 Å². The Labute approximate surface area is 104 Å². The van der Waals surface area contributed by atoms with Crippen LogP contribution < -0.4 is 5.48 Å². The van der Waals surface area contributed by atoms with Gasteiger partial charge in [0.05, 0.1) is 6.10 Å². The lowest BCUT2D eigenvalue weighted by atomic mass is 9.68. The van der Waals surface area contributed by atoms with Crippen molar-refractivity contribution in [2.24, 2.45) is 11.3 Å². The van der Waals surface area contributed by atoms with Gasteiger partial charge in [-0.25, -0.2) is 5.48 Å². The van der Waals surface area contributed by atoms with Crippen molar-refractivity contribution < 1.29 is 9.63 Å². The molecule has 0 bridgehead atoms. The smallest absolute Gasteiger partial charge is 0.247 e. The van der Waals surface area contributed by atoms with Crippen LogP contribution in [0.4, 0.5) is 0 Å². The summed E-state index contributed by atoms with van der Waals surface area (Å²) >= 11 is 0. The van der Waals surface area contributed by atoms with Crippen molar-refractivity contribution >= 4 is 5.91 Å². The summed E-state index contributed by atoms with van der Waals surface area (Å²) in [7, 11) is 0. The third-order valence-electron chi connectivity index (χ3n) is 4.45. The van der Waals surface area contributed by atoms with Gasteiger partial charge in [-0.1, -0.05) is 39.5 Å². The van der Waals surface area contributed by atoms with E-state index >= 15 is 0 Å². The third-order valence-corrected chi connectivity index (χ3v) is 4.45. The fourth-order valence-corrected chi connectivity index (χ4v) is 3.20. The van der Waals surface area contributed by atoms with Crippen molar-refractivity contribution in [1.29, 1.82) is 0 Å². The van der Waals surface area contributed by atoms with E-state index in [4.69, 9.17) is 4.84 Å². The summed E-state index contributed by atoms with van der Waals surface area (Å²) < 4.78 is 0. The summed E-state index contributed by atoms with van der Waals surface area (Å²) in [6.45, 7) is 4.40. The van der Waals surface area contributed by atoms with Crippen molar-refractivity contribution in [1.82, 2.24) is 5.48 Å². The molecule has 1 unspecified atom stereocenters. The Morgan fingerprint density at radius 1 is 1.12 bits per heavy atom. The first-order valence-electron chi connectivity index (χ1n) is 7.05. The molecule has 0 aromatic carbocycles. The van der Waals surface area contributed by atoms with E-state index in [-0.39, 0.29) is 23.3 Å². The first kappa shape index (κ1) is 12.9. The second-order valence-electron chi connectivity index (χ2n) is 6.28. The second kappa shape index (κ2) is 5.38. The molecule has 1 atom stereocenters. The average molecular weight is 239 g/mol. The highest BCUT2D eigenvalue weighted by Crippen LogP contribution is 2.40. The van der Waals surface area contributed by atoms with Gasteiger partial charge in [-0.2, -0.15) is 0 Å². The van der Waals surface area contributed by atoms with Crippen LogP contribution in [0.15, 0.2) is 0 Å². The van der Waals surface area contributed by atoms with E-state index in [0.717, 1.165) is 25.7 Å². The summed E-state index contributed by atoms with van der Waals surface area (Å²) in [6.07, 6.45) is 9.48. The van der Waals surface area contributed by atoms with Crippen molar-refractivity contribution in [3.63, 3.8) is 0 Å². The Bertz CT molecular complexity index is 269.